The Bertz CT molecular complexity index is 304. The van der Waals surface area contributed by atoms with Crippen LogP contribution in [0.2, 0.25) is 0 Å². The lowest BCUT2D eigenvalue weighted by Gasteiger charge is -2.19. The van der Waals surface area contributed by atoms with Crippen LogP contribution in [0.15, 0.2) is 12.4 Å². The Labute approximate surface area is 105 Å². The van der Waals surface area contributed by atoms with Crippen LogP contribution in [0.25, 0.3) is 0 Å². The van der Waals surface area contributed by atoms with Crippen molar-refractivity contribution in [1.29, 1.82) is 0 Å². The molecule has 0 saturated carbocycles. The van der Waals surface area contributed by atoms with Gasteiger partial charge in [-0.05, 0) is 19.9 Å². The number of likely N-dealkylation sites (N-methyl/N-ethyl adjacent to an activating group) is 1. The summed E-state index contributed by atoms with van der Waals surface area (Å²) in [5.41, 5.74) is 0. The molecule has 0 aliphatic heterocycles. The molecular formula is C13H26N4. The van der Waals surface area contributed by atoms with E-state index >= 15 is 0 Å². The number of imidazole rings is 1. The van der Waals surface area contributed by atoms with Gasteiger partial charge in [-0.3, -0.25) is 4.90 Å². The van der Waals surface area contributed by atoms with Crippen molar-refractivity contribution in [3.63, 3.8) is 0 Å². The van der Waals surface area contributed by atoms with E-state index in [4.69, 9.17) is 0 Å². The third-order valence-electron chi connectivity index (χ3n) is 3.24. The Morgan fingerprint density at radius 3 is 2.65 bits per heavy atom. The first kappa shape index (κ1) is 14.2. The van der Waals surface area contributed by atoms with Crippen molar-refractivity contribution in [3.8, 4) is 0 Å². The maximum Gasteiger partial charge on any atom is 0.122 e. The fourth-order valence-electron chi connectivity index (χ4n) is 1.91. The molecule has 1 N–H and O–H groups in total. The van der Waals surface area contributed by atoms with Crippen LogP contribution < -0.4 is 5.32 Å². The van der Waals surface area contributed by atoms with Crippen molar-refractivity contribution in [2.24, 2.45) is 7.05 Å². The summed E-state index contributed by atoms with van der Waals surface area (Å²) in [6, 6.07) is 0.663. The number of aryl methyl sites for hydroxylation is 1. The second-order valence-electron chi connectivity index (χ2n) is 4.66. The first-order valence-electron chi connectivity index (χ1n) is 6.55. The van der Waals surface area contributed by atoms with E-state index in [9.17, 15) is 0 Å². The normalized spacial score (nSPS) is 11.6. The Morgan fingerprint density at radius 1 is 1.41 bits per heavy atom. The highest BCUT2D eigenvalue weighted by Crippen LogP contribution is 1.99. The lowest BCUT2D eigenvalue weighted by atomic mass is 10.2. The summed E-state index contributed by atoms with van der Waals surface area (Å²) < 4.78 is 2.07. The summed E-state index contributed by atoms with van der Waals surface area (Å²) in [4.78, 5) is 6.64. The lowest BCUT2D eigenvalue weighted by molar-refractivity contribution is 0.304. The SMILES string of the molecule is CCC(CC)NCCN(C)Cc1nccn1C. The van der Waals surface area contributed by atoms with Crippen molar-refractivity contribution in [1.82, 2.24) is 19.8 Å². The molecule has 17 heavy (non-hydrogen) atoms. The maximum absolute atomic E-state index is 4.33. The minimum absolute atomic E-state index is 0.663. The molecule has 0 fully saturated rings. The van der Waals surface area contributed by atoms with E-state index < -0.39 is 0 Å². The van der Waals surface area contributed by atoms with Gasteiger partial charge >= 0.3 is 0 Å². The zero-order valence-electron chi connectivity index (χ0n) is 11.6. The average Bonchev–Trinajstić information content (AvgIpc) is 2.71. The van der Waals surface area contributed by atoms with E-state index in [-0.39, 0.29) is 0 Å². The van der Waals surface area contributed by atoms with Gasteiger partial charge < -0.3 is 9.88 Å². The van der Waals surface area contributed by atoms with E-state index in [1.54, 1.807) is 0 Å². The first-order chi connectivity index (χ1) is 8.17. The summed E-state index contributed by atoms with van der Waals surface area (Å²) in [5.74, 6) is 1.12. The van der Waals surface area contributed by atoms with E-state index in [0.717, 1.165) is 25.5 Å². The molecule has 98 valence electrons. The van der Waals surface area contributed by atoms with Gasteiger partial charge in [0.05, 0.1) is 6.54 Å². The van der Waals surface area contributed by atoms with Gasteiger partial charge in [0.1, 0.15) is 5.82 Å². The van der Waals surface area contributed by atoms with Gasteiger partial charge in [0.25, 0.3) is 0 Å². The standard InChI is InChI=1S/C13H26N4/c1-5-12(6-2)14-7-9-16(3)11-13-15-8-10-17(13)4/h8,10,12,14H,5-7,9,11H2,1-4H3. The molecular weight excluding hydrogens is 212 g/mol. The third-order valence-corrected chi connectivity index (χ3v) is 3.24. The summed E-state index contributed by atoms with van der Waals surface area (Å²) in [5, 5.41) is 3.58. The fourth-order valence-corrected chi connectivity index (χ4v) is 1.91. The van der Waals surface area contributed by atoms with Gasteiger partial charge in [0.15, 0.2) is 0 Å². The molecule has 1 heterocycles. The van der Waals surface area contributed by atoms with Gasteiger partial charge in [-0.1, -0.05) is 13.8 Å². The molecule has 0 unspecified atom stereocenters. The molecule has 0 bridgehead atoms. The van der Waals surface area contributed by atoms with E-state index in [0.29, 0.717) is 6.04 Å². The highest BCUT2D eigenvalue weighted by atomic mass is 15.2. The number of nitrogens with zero attached hydrogens (tertiary/aromatic N) is 3. The first-order valence-corrected chi connectivity index (χ1v) is 6.55. The highest BCUT2D eigenvalue weighted by molar-refractivity contribution is 4.90. The summed E-state index contributed by atoms with van der Waals surface area (Å²) >= 11 is 0. The molecule has 0 spiro atoms. The van der Waals surface area contributed by atoms with E-state index in [2.05, 4.69) is 40.7 Å². The van der Waals surface area contributed by atoms with Gasteiger partial charge in [-0.15, -0.1) is 0 Å². The summed E-state index contributed by atoms with van der Waals surface area (Å²) in [7, 11) is 4.18. The van der Waals surface area contributed by atoms with Crippen molar-refractivity contribution < 1.29 is 0 Å². The number of hydrogen-bond acceptors (Lipinski definition) is 3. The maximum atomic E-state index is 4.33. The highest BCUT2D eigenvalue weighted by Gasteiger charge is 2.05. The second-order valence-corrected chi connectivity index (χ2v) is 4.66. The van der Waals surface area contributed by atoms with Crippen molar-refractivity contribution in [2.45, 2.75) is 39.3 Å². The number of aromatic nitrogens is 2. The molecule has 0 aliphatic carbocycles. The van der Waals surface area contributed by atoms with Crippen molar-refractivity contribution >= 4 is 0 Å². The Hall–Kier alpha value is -0.870. The molecule has 0 atom stereocenters. The van der Waals surface area contributed by atoms with Crippen LogP contribution >= 0.6 is 0 Å². The largest absolute Gasteiger partial charge is 0.337 e. The molecule has 4 heteroatoms. The Morgan fingerprint density at radius 2 is 2.12 bits per heavy atom. The van der Waals surface area contributed by atoms with E-state index in [1.807, 2.05) is 19.4 Å². The number of rotatable bonds is 8. The van der Waals surface area contributed by atoms with E-state index in [1.165, 1.54) is 12.8 Å². The molecule has 0 aliphatic rings. The van der Waals surface area contributed by atoms with Crippen molar-refractivity contribution in [3.05, 3.63) is 18.2 Å². The van der Waals surface area contributed by atoms with Crippen LogP contribution in [0.5, 0.6) is 0 Å². The Kier molecular flexibility index (Phi) is 6.22. The molecule has 1 aromatic rings. The Balaban J connectivity index is 2.21. The topological polar surface area (TPSA) is 33.1 Å². The van der Waals surface area contributed by atoms with Crippen molar-refractivity contribution in [2.75, 3.05) is 20.1 Å². The van der Waals surface area contributed by atoms with Crippen LogP contribution in [0.4, 0.5) is 0 Å². The van der Waals surface area contributed by atoms with Crippen LogP contribution in [0.1, 0.15) is 32.5 Å². The third kappa shape index (κ3) is 4.88. The summed E-state index contributed by atoms with van der Waals surface area (Å²) in [6.45, 7) is 7.49. The zero-order valence-corrected chi connectivity index (χ0v) is 11.6. The number of hydrogen-bond donors (Lipinski definition) is 1. The molecule has 1 rings (SSSR count). The quantitative estimate of drug-likeness (QED) is 0.747. The minimum Gasteiger partial charge on any atom is -0.337 e. The fraction of sp³-hybridized carbons (Fsp3) is 0.769. The molecule has 0 amide bonds. The molecule has 4 nitrogen and oxygen atoms in total. The molecule has 0 saturated heterocycles. The van der Waals surface area contributed by atoms with Gasteiger partial charge in [-0.2, -0.15) is 0 Å². The van der Waals surface area contributed by atoms with Crippen LogP contribution in [0, 0.1) is 0 Å². The minimum atomic E-state index is 0.663. The molecule has 1 aromatic heterocycles. The number of nitrogens with one attached hydrogen (secondary N) is 1. The predicted molar refractivity (Wildman–Crippen MR) is 71.9 cm³/mol. The van der Waals surface area contributed by atoms with Crippen LogP contribution in [0.3, 0.4) is 0 Å². The predicted octanol–water partition coefficient (Wildman–Crippen LogP) is 1.63. The molecule has 0 radical (unpaired) electrons. The molecule has 0 aromatic carbocycles. The monoisotopic (exact) mass is 238 g/mol. The summed E-state index contributed by atoms with van der Waals surface area (Å²) in [6.07, 6.45) is 6.26. The van der Waals surface area contributed by atoms with Crippen LogP contribution in [-0.2, 0) is 13.6 Å². The second kappa shape index (κ2) is 7.45. The van der Waals surface area contributed by atoms with Crippen LogP contribution in [-0.4, -0.2) is 40.6 Å². The van der Waals surface area contributed by atoms with Gasteiger partial charge in [-0.25, -0.2) is 4.98 Å². The average molecular weight is 238 g/mol. The smallest absolute Gasteiger partial charge is 0.122 e. The lowest BCUT2D eigenvalue weighted by Crippen LogP contribution is -2.35. The van der Waals surface area contributed by atoms with Gasteiger partial charge in [0, 0.05) is 38.6 Å². The van der Waals surface area contributed by atoms with Gasteiger partial charge in [0.2, 0.25) is 0 Å². The zero-order chi connectivity index (χ0) is 12.7.